The number of nitrogens with one attached hydrogen (secondary N) is 1. The van der Waals surface area contributed by atoms with Crippen molar-refractivity contribution >= 4 is 0 Å². The van der Waals surface area contributed by atoms with E-state index in [0.717, 1.165) is 19.3 Å². The Labute approximate surface area is 91.1 Å². The first-order valence-corrected chi connectivity index (χ1v) is 5.08. The molecule has 1 aliphatic rings. The Balaban J connectivity index is 2.36. The fraction of sp³-hybridized carbons (Fsp3) is 0.600. The average Bonchev–Trinajstić information content (AvgIpc) is 2.16. The Morgan fingerprint density at radius 3 is 2.50 bits per heavy atom. The highest BCUT2D eigenvalue weighted by atomic mass is 19.4. The summed E-state index contributed by atoms with van der Waals surface area (Å²) in [5.74, 6) is -1.06. The van der Waals surface area contributed by atoms with E-state index in [9.17, 15) is 13.2 Å². The molecule has 1 saturated carbocycles. The fourth-order valence-electron chi connectivity index (χ4n) is 1.93. The van der Waals surface area contributed by atoms with E-state index in [1.54, 1.807) is 13.1 Å². The van der Waals surface area contributed by atoms with Crippen molar-refractivity contribution in [2.24, 2.45) is 0 Å². The molecule has 0 atom stereocenters. The van der Waals surface area contributed by atoms with Gasteiger partial charge in [-0.15, -0.1) is 0 Å². The summed E-state index contributed by atoms with van der Waals surface area (Å²) in [7, 11) is 1.74. The topological polar surface area (TPSA) is 37.8 Å². The fourth-order valence-corrected chi connectivity index (χ4v) is 1.93. The Morgan fingerprint density at radius 1 is 1.38 bits per heavy atom. The van der Waals surface area contributed by atoms with Crippen molar-refractivity contribution in [3.05, 3.63) is 23.8 Å². The number of hydrogen-bond acceptors (Lipinski definition) is 3. The normalized spacial score (nSPS) is 19.2. The largest absolute Gasteiger partial charge is 0.451 e. The van der Waals surface area contributed by atoms with Crippen molar-refractivity contribution in [3.63, 3.8) is 0 Å². The van der Waals surface area contributed by atoms with Crippen LogP contribution in [0.25, 0.3) is 0 Å². The predicted molar refractivity (Wildman–Crippen MR) is 51.6 cm³/mol. The molecule has 0 bridgehead atoms. The highest BCUT2D eigenvalue weighted by Crippen LogP contribution is 2.40. The molecule has 0 amide bonds. The second kappa shape index (κ2) is 3.69. The summed E-state index contributed by atoms with van der Waals surface area (Å²) in [5, 5.41) is 3.05. The van der Waals surface area contributed by atoms with Crippen LogP contribution in [0.2, 0.25) is 0 Å². The van der Waals surface area contributed by atoms with Gasteiger partial charge in [0.2, 0.25) is 5.82 Å². The van der Waals surface area contributed by atoms with Gasteiger partial charge in [-0.05, 0) is 32.4 Å². The van der Waals surface area contributed by atoms with Crippen LogP contribution in [0.1, 0.15) is 30.8 Å². The van der Waals surface area contributed by atoms with Crippen LogP contribution in [-0.2, 0) is 11.7 Å². The molecule has 88 valence electrons. The van der Waals surface area contributed by atoms with E-state index in [1.165, 1.54) is 6.20 Å². The first-order valence-electron chi connectivity index (χ1n) is 5.08. The zero-order valence-corrected chi connectivity index (χ0v) is 8.80. The molecule has 6 heteroatoms. The van der Waals surface area contributed by atoms with E-state index >= 15 is 0 Å². The molecule has 0 radical (unpaired) electrons. The maximum Gasteiger partial charge on any atom is 0.451 e. The summed E-state index contributed by atoms with van der Waals surface area (Å²) in [6.45, 7) is 0. The van der Waals surface area contributed by atoms with Crippen LogP contribution in [0, 0.1) is 0 Å². The van der Waals surface area contributed by atoms with E-state index in [-0.39, 0.29) is 5.54 Å². The van der Waals surface area contributed by atoms with E-state index in [1.807, 2.05) is 0 Å². The lowest BCUT2D eigenvalue weighted by Crippen LogP contribution is -2.47. The van der Waals surface area contributed by atoms with Crippen LogP contribution >= 0.6 is 0 Å². The highest BCUT2D eigenvalue weighted by Gasteiger charge is 2.41. The van der Waals surface area contributed by atoms with Gasteiger partial charge in [0.1, 0.15) is 0 Å². The Kier molecular flexibility index (Phi) is 2.61. The molecule has 1 aromatic heterocycles. The van der Waals surface area contributed by atoms with E-state index in [0.29, 0.717) is 5.69 Å². The standard InChI is InChI=1S/C10H12F3N3/c1-14-9(4-2-5-9)7-3-6-15-8(16-7)10(11,12)13/h3,6,14H,2,4-5H2,1H3. The maximum atomic E-state index is 12.4. The van der Waals surface area contributed by atoms with Crippen LogP contribution in [0.4, 0.5) is 13.2 Å². The second-order valence-electron chi connectivity index (χ2n) is 3.95. The molecule has 1 heterocycles. The van der Waals surface area contributed by atoms with Gasteiger partial charge in [-0.1, -0.05) is 0 Å². The third-order valence-corrected chi connectivity index (χ3v) is 3.09. The summed E-state index contributed by atoms with van der Waals surface area (Å²) < 4.78 is 37.3. The number of rotatable bonds is 2. The molecule has 0 saturated heterocycles. The number of nitrogens with zero attached hydrogens (tertiary/aromatic N) is 2. The summed E-state index contributed by atoms with van der Waals surface area (Å²) in [4.78, 5) is 6.86. The zero-order chi connectivity index (χ0) is 11.8. The van der Waals surface area contributed by atoms with Gasteiger partial charge < -0.3 is 5.32 Å². The van der Waals surface area contributed by atoms with E-state index in [2.05, 4.69) is 15.3 Å². The number of alkyl halides is 3. The van der Waals surface area contributed by atoms with Crippen LogP contribution in [0.15, 0.2) is 12.3 Å². The van der Waals surface area contributed by atoms with E-state index in [4.69, 9.17) is 0 Å². The summed E-state index contributed by atoms with van der Waals surface area (Å²) >= 11 is 0. The monoisotopic (exact) mass is 231 g/mol. The Morgan fingerprint density at radius 2 is 2.06 bits per heavy atom. The molecule has 0 unspecified atom stereocenters. The molecule has 0 aromatic carbocycles. The van der Waals surface area contributed by atoms with Crippen LogP contribution < -0.4 is 5.32 Å². The van der Waals surface area contributed by atoms with Crippen molar-refractivity contribution in [1.29, 1.82) is 0 Å². The molecular formula is C10H12F3N3. The molecule has 16 heavy (non-hydrogen) atoms. The molecule has 1 aromatic rings. The van der Waals surface area contributed by atoms with Crippen LogP contribution in [0.5, 0.6) is 0 Å². The minimum Gasteiger partial charge on any atom is -0.309 e. The molecule has 1 aliphatic carbocycles. The third kappa shape index (κ3) is 1.77. The number of aromatic nitrogens is 2. The molecule has 1 fully saturated rings. The maximum absolute atomic E-state index is 12.4. The van der Waals surface area contributed by atoms with Gasteiger partial charge in [-0.2, -0.15) is 13.2 Å². The van der Waals surface area contributed by atoms with Gasteiger partial charge in [-0.25, -0.2) is 9.97 Å². The molecular weight excluding hydrogens is 219 g/mol. The lowest BCUT2D eigenvalue weighted by molar-refractivity contribution is -0.145. The van der Waals surface area contributed by atoms with Crippen molar-refractivity contribution < 1.29 is 13.2 Å². The minimum atomic E-state index is -4.48. The van der Waals surface area contributed by atoms with Crippen molar-refractivity contribution in [3.8, 4) is 0 Å². The average molecular weight is 231 g/mol. The Bertz CT molecular complexity index is 380. The first kappa shape index (κ1) is 11.3. The van der Waals surface area contributed by atoms with Gasteiger partial charge in [0.05, 0.1) is 11.2 Å². The number of hydrogen-bond donors (Lipinski definition) is 1. The molecule has 1 N–H and O–H groups in total. The van der Waals surface area contributed by atoms with Crippen LogP contribution in [0.3, 0.4) is 0 Å². The summed E-state index contributed by atoms with van der Waals surface area (Å²) in [6, 6.07) is 1.55. The van der Waals surface area contributed by atoms with Crippen LogP contribution in [-0.4, -0.2) is 17.0 Å². The lowest BCUT2D eigenvalue weighted by Gasteiger charge is -2.41. The molecule has 0 aliphatic heterocycles. The third-order valence-electron chi connectivity index (χ3n) is 3.09. The summed E-state index contributed by atoms with van der Waals surface area (Å²) in [5.41, 5.74) is 0.0479. The van der Waals surface area contributed by atoms with Crippen molar-refractivity contribution in [2.45, 2.75) is 31.0 Å². The van der Waals surface area contributed by atoms with Gasteiger partial charge in [0, 0.05) is 6.20 Å². The van der Waals surface area contributed by atoms with E-state index < -0.39 is 12.0 Å². The highest BCUT2D eigenvalue weighted by molar-refractivity contribution is 5.19. The van der Waals surface area contributed by atoms with Gasteiger partial charge in [0.15, 0.2) is 0 Å². The molecule has 2 rings (SSSR count). The van der Waals surface area contributed by atoms with Gasteiger partial charge >= 0.3 is 6.18 Å². The summed E-state index contributed by atoms with van der Waals surface area (Å²) in [6.07, 6.45) is -0.668. The SMILES string of the molecule is CNC1(c2ccnc(C(F)(F)F)n2)CCC1. The quantitative estimate of drug-likeness (QED) is 0.846. The smallest absolute Gasteiger partial charge is 0.309 e. The van der Waals surface area contributed by atoms with Crippen molar-refractivity contribution in [2.75, 3.05) is 7.05 Å². The number of halogens is 3. The zero-order valence-electron chi connectivity index (χ0n) is 8.80. The first-order chi connectivity index (χ1) is 7.48. The minimum absolute atomic E-state index is 0.386. The van der Waals surface area contributed by atoms with Gasteiger partial charge in [-0.3, -0.25) is 0 Å². The lowest BCUT2D eigenvalue weighted by atomic mass is 9.74. The predicted octanol–water partition coefficient (Wildman–Crippen LogP) is 2.09. The molecule has 3 nitrogen and oxygen atoms in total. The van der Waals surface area contributed by atoms with Gasteiger partial charge in [0.25, 0.3) is 0 Å². The second-order valence-corrected chi connectivity index (χ2v) is 3.95. The molecule has 0 spiro atoms. The Hall–Kier alpha value is -1.17. The van der Waals surface area contributed by atoms with Crippen molar-refractivity contribution in [1.82, 2.24) is 15.3 Å².